The maximum Gasteiger partial charge on any atom is 0.101 e. The van der Waals surface area contributed by atoms with E-state index in [9.17, 15) is 0 Å². The smallest absolute Gasteiger partial charge is 0.101 e. The summed E-state index contributed by atoms with van der Waals surface area (Å²) in [5.41, 5.74) is 6.70. The molecule has 1 rings (SSSR count). The van der Waals surface area contributed by atoms with E-state index >= 15 is 0 Å². The second kappa shape index (κ2) is 4.24. The van der Waals surface area contributed by atoms with Gasteiger partial charge in [-0.15, -0.1) is 0 Å². The van der Waals surface area contributed by atoms with Gasteiger partial charge in [0, 0.05) is 0 Å². The van der Waals surface area contributed by atoms with E-state index in [2.05, 4.69) is 0 Å². The summed E-state index contributed by atoms with van der Waals surface area (Å²) < 4.78 is 0. The number of nitriles is 1. The summed E-state index contributed by atoms with van der Waals surface area (Å²) in [6, 6.07) is 6.38. The monoisotopic (exact) mass is 196 g/mol. The molecule has 0 aliphatic rings. The third kappa shape index (κ3) is 2.19. The van der Waals surface area contributed by atoms with Gasteiger partial charge >= 0.3 is 0 Å². The Kier molecular flexibility index (Phi) is 3.26. The van der Waals surface area contributed by atoms with E-state index in [4.69, 9.17) is 27.7 Å². The molecule has 68 valence electrons. The minimum Gasteiger partial charge on any atom is -0.394 e. The SMILES string of the molecule is N#Cc1ccc([C@@H](N)CO)cc1Cl. The van der Waals surface area contributed by atoms with Gasteiger partial charge in [-0.3, -0.25) is 0 Å². The van der Waals surface area contributed by atoms with Crippen molar-refractivity contribution in [3.63, 3.8) is 0 Å². The Hall–Kier alpha value is -1.08. The first-order chi connectivity index (χ1) is 6.19. The first-order valence-corrected chi connectivity index (χ1v) is 4.13. The van der Waals surface area contributed by atoms with Gasteiger partial charge in [-0.25, -0.2) is 0 Å². The predicted molar refractivity (Wildman–Crippen MR) is 50.2 cm³/mol. The third-order valence-corrected chi connectivity index (χ3v) is 2.05. The Morgan fingerprint density at radius 3 is 2.77 bits per heavy atom. The van der Waals surface area contributed by atoms with Crippen LogP contribution in [-0.2, 0) is 0 Å². The van der Waals surface area contributed by atoms with Gasteiger partial charge in [0.05, 0.1) is 23.2 Å². The van der Waals surface area contributed by atoms with E-state index in [0.717, 1.165) is 5.56 Å². The zero-order valence-electron chi connectivity index (χ0n) is 6.87. The van der Waals surface area contributed by atoms with Gasteiger partial charge in [-0.1, -0.05) is 17.7 Å². The second-order valence-electron chi connectivity index (χ2n) is 2.64. The Morgan fingerprint density at radius 2 is 2.31 bits per heavy atom. The van der Waals surface area contributed by atoms with Crippen molar-refractivity contribution in [2.24, 2.45) is 5.73 Å². The average molecular weight is 197 g/mol. The lowest BCUT2D eigenvalue weighted by Gasteiger charge is -2.08. The van der Waals surface area contributed by atoms with Crippen molar-refractivity contribution < 1.29 is 5.11 Å². The molecule has 4 heteroatoms. The Balaban J connectivity index is 3.04. The van der Waals surface area contributed by atoms with Crippen LogP contribution in [0.1, 0.15) is 17.2 Å². The summed E-state index contributed by atoms with van der Waals surface area (Å²) in [7, 11) is 0. The number of halogens is 1. The normalized spacial score (nSPS) is 12.2. The highest BCUT2D eigenvalue weighted by Gasteiger charge is 2.06. The van der Waals surface area contributed by atoms with Crippen molar-refractivity contribution in [2.75, 3.05) is 6.61 Å². The highest BCUT2D eigenvalue weighted by molar-refractivity contribution is 6.31. The molecule has 0 heterocycles. The van der Waals surface area contributed by atoms with Crippen LogP contribution in [0, 0.1) is 11.3 Å². The molecular weight excluding hydrogens is 188 g/mol. The maximum atomic E-state index is 8.77. The van der Waals surface area contributed by atoms with Crippen molar-refractivity contribution in [2.45, 2.75) is 6.04 Å². The summed E-state index contributed by atoms with van der Waals surface area (Å²) in [6.45, 7) is -0.137. The lowest BCUT2D eigenvalue weighted by atomic mass is 10.1. The molecule has 0 radical (unpaired) electrons. The highest BCUT2D eigenvalue weighted by atomic mass is 35.5. The molecule has 0 aromatic heterocycles. The van der Waals surface area contributed by atoms with Crippen LogP contribution in [-0.4, -0.2) is 11.7 Å². The largest absolute Gasteiger partial charge is 0.394 e. The van der Waals surface area contributed by atoms with E-state index in [1.54, 1.807) is 18.2 Å². The first kappa shape index (κ1) is 10.0. The van der Waals surface area contributed by atoms with Gasteiger partial charge in [0.1, 0.15) is 6.07 Å². The van der Waals surface area contributed by atoms with Crippen LogP contribution in [0.25, 0.3) is 0 Å². The van der Waals surface area contributed by atoms with E-state index in [0.29, 0.717) is 10.6 Å². The van der Waals surface area contributed by atoms with E-state index in [-0.39, 0.29) is 6.61 Å². The Bertz CT molecular complexity index is 346. The molecule has 0 saturated heterocycles. The number of aliphatic hydroxyl groups is 1. The average Bonchev–Trinajstić information content (AvgIpc) is 2.16. The lowest BCUT2D eigenvalue weighted by Crippen LogP contribution is -2.14. The molecule has 0 aliphatic carbocycles. The number of hydrogen-bond donors (Lipinski definition) is 2. The third-order valence-electron chi connectivity index (χ3n) is 1.74. The number of hydrogen-bond acceptors (Lipinski definition) is 3. The van der Waals surface area contributed by atoms with E-state index in [1.807, 2.05) is 6.07 Å². The van der Waals surface area contributed by atoms with E-state index < -0.39 is 6.04 Å². The Morgan fingerprint density at radius 1 is 1.62 bits per heavy atom. The molecule has 0 amide bonds. The van der Waals surface area contributed by atoms with Crippen LogP contribution in [0.5, 0.6) is 0 Å². The lowest BCUT2D eigenvalue weighted by molar-refractivity contribution is 0.268. The number of nitrogens with two attached hydrogens (primary N) is 1. The number of rotatable bonds is 2. The van der Waals surface area contributed by atoms with Gasteiger partial charge in [0.2, 0.25) is 0 Å². The van der Waals surface area contributed by atoms with Gasteiger partial charge in [-0.2, -0.15) is 5.26 Å². The van der Waals surface area contributed by atoms with Gasteiger partial charge in [-0.05, 0) is 17.7 Å². The van der Waals surface area contributed by atoms with Crippen LogP contribution in [0.15, 0.2) is 18.2 Å². The topological polar surface area (TPSA) is 70.0 Å². The number of nitrogens with zero attached hydrogens (tertiary/aromatic N) is 1. The molecule has 0 unspecified atom stereocenters. The molecule has 1 atom stereocenters. The van der Waals surface area contributed by atoms with Crippen LogP contribution in [0.2, 0.25) is 5.02 Å². The summed E-state index contributed by atoms with van der Waals surface area (Å²) in [6.07, 6.45) is 0. The molecular formula is C9H9ClN2O. The minimum absolute atomic E-state index is 0.137. The summed E-state index contributed by atoms with van der Waals surface area (Å²) in [5.74, 6) is 0. The molecule has 1 aromatic carbocycles. The quantitative estimate of drug-likeness (QED) is 0.747. The first-order valence-electron chi connectivity index (χ1n) is 3.75. The van der Waals surface area contributed by atoms with Crippen molar-refractivity contribution in [1.82, 2.24) is 0 Å². The van der Waals surface area contributed by atoms with Crippen molar-refractivity contribution in [3.05, 3.63) is 34.3 Å². The zero-order valence-corrected chi connectivity index (χ0v) is 7.62. The van der Waals surface area contributed by atoms with Crippen LogP contribution in [0.3, 0.4) is 0 Å². The molecule has 13 heavy (non-hydrogen) atoms. The fourth-order valence-corrected chi connectivity index (χ4v) is 1.19. The fraction of sp³-hybridized carbons (Fsp3) is 0.222. The number of benzene rings is 1. The zero-order chi connectivity index (χ0) is 9.84. The van der Waals surface area contributed by atoms with Crippen LogP contribution < -0.4 is 5.73 Å². The van der Waals surface area contributed by atoms with E-state index in [1.165, 1.54) is 0 Å². The molecule has 1 aromatic rings. The summed E-state index contributed by atoms with van der Waals surface area (Å²) >= 11 is 5.77. The molecule has 3 N–H and O–H groups in total. The van der Waals surface area contributed by atoms with Gasteiger partial charge < -0.3 is 10.8 Å². The minimum atomic E-state index is -0.440. The molecule has 0 fully saturated rings. The predicted octanol–water partition coefficient (Wildman–Crippen LogP) is 1.20. The molecule has 0 bridgehead atoms. The van der Waals surface area contributed by atoms with Crippen molar-refractivity contribution >= 4 is 11.6 Å². The fourth-order valence-electron chi connectivity index (χ4n) is 0.958. The van der Waals surface area contributed by atoms with Crippen molar-refractivity contribution in [1.29, 1.82) is 5.26 Å². The molecule has 0 spiro atoms. The van der Waals surface area contributed by atoms with Crippen molar-refractivity contribution in [3.8, 4) is 6.07 Å². The second-order valence-corrected chi connectivity index (χ2v) is 3.05. The molecule has 3 nitrogen and oxygen atoms in total. The van der Waals surface area contributed by atoms with Gasteiger partial charge in [0.15, 0.2) is 0 Å². The van der Waals surface area contributed by atoms with Gasteiger partial charge in [0.25, 0.3) is 0 Å². The summed E-state index contributed by atoms with van der Waals surface area (Å²) in [4.78, 5) is 0. The number of aliphatic hydroxyl groups excluding tert-OH is 1. The van der Waals surface area contributed by atoms with Crippen LogP contribution in [0.4, 0.5) is 0 Å². The standard InChI is InChI=1S/C9H9ClN2O/c10-8-3-6(9(12)5-13)1-2-7(8)4-11/h1-3,9,13H,5,12H2/t9-/m0/s1. The summed E-state index contributed by atoms with van der Waals surface area (Å²) in [5, 5.41) is 17.7. The highest BCUT2D eigenvalue weighted by Crippen LogP contribution is 2.19. The van der Waals surface area contributed by atoms with Crippen LogP contribution >= 0.6 is 11.6 Å². The molecule has 0 aliphatic heterocycles. The maximum absolute atomic E-state index is 8.77. The Labute approximate surface area is 81.4 Å². The molecule has 0 saturated carbocycles.